The molecule has 1 aliphatic rings. The van der Waals surface area contributed by atoms with E-state index < -0.39 is 0 Å². The lowest BCUT2D eigenvalue weighted by Crippen LogP contribution is -2.30. The molecule has 0 aliphatic carbocycles. The Kier molecular flexibility index (Phi) is 5.15. The van der Waals surface area contributed by atoms with Gasteiger partial charge in [0.15, 0.2) is 0 Å². The molecule has 1 aromatic heterocycles. The van der Waals surface area contributed by atoms with Crippen LogP contribution in [0.1, 0.15) is 37.4 Å². The lowest BCUT2D eigenvalue weighted by Gasteiger charge is -2.21. The number of thiazole rings is 1. The summed E-state index contributed by atoms with van der Waals surface area (Å²) in [7, 11) is 2.01. The average molecular weight is 267 g/mol. The first kappa shape index (κ1) is 14.0. The zero-order chi connectivity index (χ0) is 13.0. The summed E-state index contributed by atoms with van der Waals surface area (Å²) in [6.45, 7) is 6.92. The van der Waals surface area contributed by atoms with E-state index in [-0.39, 0.29) is 0 Å². The first-order valence-electron chi connectivity index (χ1n) is 7.07. The van der Waals surface area contributed by atoms with Crippen molar-refractivity contribution in [1.82, 2.24) is 15.2 Å². The molecule has 0 aromatic carbocycles. The molecule has 1 fully saturated rings. The second kappa shape index (κ2) is 6.64. The largest absolute Gasteiger partial charge is 0.317 e. The second-order valence-corrected chi connectivity index (χ2v) is 6.20. The molecule has 0 spiro atoms. The smallest absolute Gasteiger partial charge is 0.0943 e. The number of likely N-dealkylation sites (tertiary alicyclic amines) is 1. The van der Waals surface area contributed by atoms with Crippen LogP contribution in [0.4, 0.5) is 0 Å². The molecule has 4 heteroatoms. The summed E-state index contributed by atoms with van der Waals surface area (Å²) in [5.41, 5.74) is 1.25. The fourth-order valence-corrected chi connectivity index (χ4v) is 3.58. The van der Waals surface area contributed by atoms with Crippen molar-refractivity contribution in [3.63, 3.8) is 0 Å². The van der Waals surface area contributed by atoms with Crippen LogP contribution in [0.3, 0.4) is 0 Å². The van der Waals surface area contributed by atoms with E-state index in [1.54, 1.807) is 0 Å². The number of nitrogens with one attached hydrogen (secondary N) is 1. The van der Waals surface area contributed by atoms with Gasteiger partial charge < -0.3 is 10.2 Å². The summed E-state index contributed by atoms with van der Waals surface area (Å²) in [4.78, 5) is 7.38. The van der Waals surface area contributed by atoms with Gasteiger partial charge in [0.25, 0.3) is 0 Å². The van der Waals surface area contributed by atoms with Gasteiger partial charge in [0, 0.05) is 30.3 Å². The molecule has 2 unspecified atom stereocenters. The van der Waals surface area contributed by atoms with Crippen molar-refractivity contribution in [3.8, 4) is 0 Å². The minimum absolute atomic E-state index is 0.513. The summed E-state index contributed by atoms with van der Waals surface area (Å²) in [6.07, 6.45) is 4.88. The van der Waals surface area contributed by atoms with Gasteiger partial charge in [-0.25, -0.2) is 4.98 Å². The molecule has 2 heterocycles. The van der Waals surface area contributed by atoms with Crippen LogP contribution in [0, 0.1) is 0 Å². The molecule has 2 atom stereocenters. The third-order valence-corrected chi connectivity index (χ3v) is 4.84. The highest BCUT2D eigenvalue weighted by molar-refractivity contribution is 7.09. The fraction of sp³-hybridized carbons (Fsp3) is 0.786. The van der Waals surface area contributed by atoms with Crippen LogP contribution in [0.5, 0.6) is 0 Å². The molecule has 1 aliphatic heterocycles. The van der Waals surface area contributed by atoms with Crippen LogP contribution in [-0.2, 0) is 12.8 Å². The van der Waals surface area contributed by atoms with E-state index in [0.717, 1.165) is 18.9 Å². The topological polar surface area (TPSA) is 28.2 Å². The molecule has 2 rings (SSSR count). The fourth-order valence-electron chi connectivity index (χ4n) is 2.70. The lowest BCUT2D eigenvalue weighted by atomic mass is 10.1. The highest BCUT2D eigenvalue weighted by Crippen LogP contribution is 2.22. The minimum Gasteiger partial charge on any atom is -0.317 e. The van der Waals surface area contributed by atoms with Crippen LogP contribution in [0.25, 0.3) is 0 Å². The van der Waals surface area contributed by atoms with E-state index in [4.69, 9.17) is 4.98 Å². The van der Waals surface area contributed by atoms with Gasteiger partial charge in [-0.1, -0.05) is 6.92 Å². The predicted octanol–water partition coefficient (Wildman–Crippen LogP) is 2.32. The van der Waals surface area contributed by atoms with Gasteiger partial charge in [0.2, 0.25) is 0 Å². The Balaban J connectivity index is 1.90. The van der Waals surface area contributed by atoms with Crippen LogP contribution in [0.15, 0.2) is 5.38 Å². The monoisotopic (exact) mass is 267 g/mol. The third kappa shape index (κ3) is 3.53. The molecule has 1 saturated heterocycles. The predicted molar refractivity (Wildman–Crippen MR) is 78.3 cm³/mol. The molecular formula is C14H25N3S. The molecule has 18 heavy (non-hydrogen) atoms. The Morgan fingerprint density at radius 3 is 3.17 bits per heavy atom. The molecule has 0 radical (unpaired) electrons. The van der Waals surface area contributed by atoms with Gasteiger partial charge in [-0.2, -0.15) is 0 Å². The Labute approximate surface area is 115 Å². The summed E-state index contributed by atoms with van der Waals surface area (Å²) in [5, 5.41) is 6.82. The number of hydrogen-bond acceptors (Lipinski definition) is 4. The van der Waals surface area contributed by atoms with Gasteiger partial charge in [0.1, 0.15) is 0 Å². The van der Waals surface area contributed by atoms with Crippen molar-refractivity contribution >= 4 is 11.3 Å². The Hall–Kier alpha value is -0.450. The van der Waals surface area contributed by atoms with Crippen molar-refractivity contribution in [2.24, 2.45) is 0 Å². The summed E-state index contributed by atoms with van der Waals surface area (Å²) in [6, 6.07) is 1.24. The first-order valence-corrected chi connectivity index (χ1v) is 7.95. The highest BCUT2D eigenvalue weighted by atomic mass is 32.1. The summed E-state index contributed by atoms with van der Waals surface area (Å²) in [5.74, 6) is 0. The molecule has 0 amide bonds. The first-order chi connectivity index (χ1) is 8.72. The van der Waals surface area contributed by atoms with E-state index in [1.807, 2.05) is 18.4 Å². The van der Waals surface area contributed by atoms with Crippen LogP contribution < -0.4 is 5.32 Å². The Bertz CT molecular complexity index is 364. The Morgan fingerprint density at radius 1 is 1.61 bits per heavy atom. The SMILES string of the molecule is CCN1CCCC1Cc1nc(CC(C)NC)cs1. The highest BCUT2D eigenvalue weighted by Gasteiger charge is 2.24. The number of likely N-dealkylation sites (N-methyl/N-ethyl adjacent to an activating group) is 2. The maximum Gasteiger partial charge on any atom is 0.0943 e. The van der Waals surface area contributed by atoms with E-state index >= 15 is 0 Å². The summed E-state index contributed by atoms with van der Waals surface area (Å²) >= 11 is 1.84. The number of rotatable bonds is 6. The molecule has 1 N–H and O–H groups in total. The normalized spacial score (nSPS) is 22.5. The summed E-state index contributed by atoms with van der Waals surface area (Å²) < 4.78 is 0. The van der Waals surface area contributed by atoms with Gasteiger partial charge in [-0.15, -0.1) is 11.3 Å². The zero-order valence-electron chi connectivity index (χ0n) is 11.8. The van der Waals surface area contributed by atoms with Crippen molar-refractivity contribution < 1.29 is 0 Å². The van der Waals surface area contributed by atoms with E-state index in [2.05, 4.69) is 29.4 Å². The minimum atomic E-state index is 0.513. The van der Waals surface area contributed by atoms with E-state index in [0.29, 0.717) is 6.04 Å². The number of aromatic nitrogens is 1. The van der Waals surface area contributed by atoms with Gasteiger partial charge >= 0.3 is 0 Å². The zero-order valence-corrected chi connectivity index (χ0v) is 12.6. The third-order valence-electron chi connectivity index (χ3n) is 3.92. The Morgan fingerprint density at radius 2 is 2.44 bits per heavy atom. The van der Waals surface area contributed by atoms with Crippen molar-refractivity contribution in [1.29, 1.82) is 0 Å². The molecular weight excluding hydrogens is 242 g/mol. The molecule has 0 saturated carbocycles. The average Bonchev–Trinajstić information content (AvgIpc) is 2.99. The van der Waals surface area contributed by atoms with Crippen LogP contribution in [-0.4, -0.2) is 42.1 Å². The van der Waals surface area contributed by atoms with E-state index in [1.165, 1.54) is 36.6 Å². The van der Waals surface area contributed by atoms with Gasteiger partial charge in [0.05, 0.1) is 10.7 Å². The molecule has 0 bridgehead atoms. The molecule has 3 nitrogen and oxygen atoms in total. The maximum atomic E-state index is 4.78. The van der Waals surface area contributed by atoms with Crippen molar-refractivity contribution in [3.05, 3.63) is 16.1 Å². The van der Waals surface area contributed by atoms with Crippen LogP contribution in [0.2, 0.25) is 0 Å². The standard InChI is InChI=1S/C14H25N3S/c1-4-17-7-5-6-13(17)9-14-16-12(10-18-14)8-11(2)15-3/h10-11,13,15H,4-9H2,1-3H3. The number of nitrogens with zero attached hydrogens (tertiary/aromatic N) is 2. The molecule has 102 valence electrons. The lowest BCUT2D eigenvalue weighted by molar-refractivity contribution is 0.266. The van der Waals surface area contributed by atoms with Crippen molar-refractivity contribution in [2.45, 2.75) is 51.6 Å². The molecule has 1 aromatic rings. The van der Waals surface area contributed by atoms with Gasteiger partial charge in [-0.3, -0.25) is 0 Å². The van der Waals surface area contributed by atoms with Gasteiger partial charge in [-0.05, 0) is 39.9 Å². The maximum absolute atomic E-state index is 4.78. The van der Waals surface area contributed by atoms with E-state index in [9.17, 15) is 0 Å². The van der Waals surface area contributed by atoms with Crippen LogP contribution >= 0.6 is 11.3 Å². The second-order valence-electron chi connectivity index (χ2n) is 5.26. The quantitative estimate of drug-likeness (QED) is 0.857. The number of hydrogen-bond donors (Lipinski definition) is 1. The van der Waals surface area contributed by atoms with Crippen molar-refractivity contribution in [2.75, 3.05) is 20.1 Å².